The van der Waals surface area contributed by atoms with E-state index in [4.69, 9.17) is 4.74 Å². The molecular weight excluding hydrogens is 308 g/mol. The summed E-state index contributed by atoms with van der Waals surface area (Å²) in [4.78, 5) is 16.6. The first-order chi connectivity index (χ1) is 9.20. The number of halogens is 1. The van der Waals surface area contributed by atoms with Crippen LogP contribution in [0.15, 0.2) is 28.7 Å². The van der Waals surface area contributed by atoms with Gasteiger partial charge in [-0.1, -0.05) is 22.0 Å². The maximum absolute atomic E-state index is 12.3. The average molecular weight is 327 g/mol. The van der Waals surface area contributed by atoms with Crippen molar-refractivity contribution in [2.75, 3.05) is 46.4 Å². The van der Waals surface area contributed by atoms with Crippen molar-refractivity contribution in [2.45, 2.75) is 0 Å². The minimum absolute atomic E-state index is 0.118. The SMILES string of the molecule is COCCN1CCN(C(=O)c2cccc(Br)c2)CC1. The van der Waals surface area contributed by atoms with Crippen LogP contribution in [0.1, 0.15) is 10.4 Å². The molecule has 1 heterocycles. The van der Waals surface area contributed by atoms with E-state index in [2.05, 4.69) is 20.8 Å². The van der Waals surface area contributed by atoms with Gasteiger partial charge < -0.3 is 9.64 Å². The van der Waals surface area contributed by atoms with Crippen molar-refractivity contribution in [2.24, 2.45) is 0 Å². The lowest BCUT2D eigenvalue weighted by Gasteiger charge is -2.34. The summed E-state index contributed by atoms with van der Waals surface area (Å²) in [6, 6.07) is 7.57. The van der Waals surface area contributed by atoms with E-state index >= 15 is 0 Å². The van der Waals surface area contributed by atoms with Crippen molar-refractivity contribution >= 4 is 21.8 Å². The number of methoxy groups -OCH3 is 1. The van der Waals surface area contributed by atoms with Crippen LogP contribution in [0, 0.1) is 0 Å². The first-order valence-electron chi connectivity index (χ1n) is 6.47. The molecule has 0 atom stereocenters. The number of carbonyl (C=O) groups is 1. The fraction of sp³-hybridized carbons (Fsp3) is 0.500. The number of benzene rings is 1. The zero-order valence-electron chi connectivity index (χ0n) is 11.1. The maximum Gasteiger partial charge on any atom is 0.253 e. The van der Waals surface area contributed by atoms with Crippen LogP contribution in [0.5, 0.6) is 0 Å². The second-order valence-electron chi connectivity index (χ2n) is 4.64. The minimum Gasteiger partial charge on any atom is -0.383 e. The Morgan fingerprint density at radius 2 is 2.05 bits per heavy atom. The molecule has 0 saturated carbocycles. The summed E-state index contributed by atoms with van der Waals surface area (Å²) >= 11 is 3.40. The van der Waals surface area contributed by atoms with E-state index in [9.17, 15) is 4.79 Å². The zero-order valence-corrected chi connectivity index (χ0v) is 12.7. The molecule has 0 aromatic heterocycles. The molecule has 1 saturated heterocycles. The van der Waals surface area contributed by atoms with E-state index in [1.165, 1.54) is 0 Å². The Kier molecular flexibility index (Phi) is 5.36. The normalized spacial score (nSPS) is 16.6. The van der Waals surface area contributed by atoms with Gasteiger partial charge in [0.15, 0.2) is 0 Å². The van der Waals surface area contributed by atoms with Crippen molar-refractivity contribution in [1.82, 2.24) is 9.80 Å². The summed E-state index contributed by atoms with van der Waals surface area (Å²) in [5.74, 6) is 0.118. The van der Waals surface area contributed by atoms with Crippen LogP contribution in [0.4, 0.5) is 0 Å². The second kappa shape index (κ2) is 7.03. The number of nitrogens with zero attached hydrogens (tertiary/aromatic N) is 2. The molecule has 1 aliphatic heterocycles. The molecule has 0 unspecified atom stereocenters. The Balaban J connectivity index is 1.89. The lowest BCUT2D eigenvalue weighted by molar-refractivity contribution is 0.0594. The number of ether oxygens (including phenoxy) is 1. The topological polar surface area (TPSA) is 32.8 Å². The van der Waals surface area contributed by atoms with E-state index in [0.717, 1.165) is 49.4 Å². The summed E-state index contributed by atoms with van der Waals surface area (Å²) in [6.45, 7) is 5.10. The van der Waals surface area contributed by atoms with E-state index in [0.29, 0.717) is 0 Å². The molecule has 1 aromatic rings. The summed E-state index contributed by atoms with van der Waals surface area (Å²) < 4.78 is 6.02. The van der Waals surface area contributed by atoms with Crippen LogP contribution in [0.2, 0.25) is 0 Å². The van der Waals surface area contributed by atoms with Crippen molar-refractivity contribution < 1.29 is 9.53 Å². The molecule has 4 nitrogen and oxygen atoms in total. The van der Waals surface area contributed by atoms with Gasteiger partial charge >= 0.3 is 0 Å². The highest BCUT2D eigenvalue weighted by atomic mass is 79.9. The quantitative estimate of drug-likeness (QED) is 0.846. The largest absolute Gasteiger partial charge is 0.383 e. The third-order valence-corrected chi connectivity index (χ3v) is 3.84. The van der Waals surface area contributed by atoms with Gasteiger partial charge in [0.2, 0.25) is 0 Å². The Labute approximate surface area is 122 Å². The second-order valence-corrected chi connectivity index (χ2v) is 5.55. The third kappa shape index (κ3) is 4.03. The first kappa shape index (κ1) is 14.5. The highest BCUT2D eigenvalue weighted by molar-refractivity contribution is 9.10. The molecule has 1 amide bonds. The van der Waals surface area contributed by atoms with Crippen LogP contribution in [-0.2, 0) is 4.74 Å². The molecule has 0 spiro atoms. The summed E-state index contributed by atoms with van der Waals surface area (Å²) in [5, 5.41) is 0. The number of carbonyl (C=O) groups excluding carboxylic acids is 1. The maximum atomic E-state index is 12.3. The van der Waals surface area contributed by atoms with E-state index in [1.807, 2.05) is 29.2 Å². The molecule has 1 aromatic carbocycles. The van der Waals surface area contributed by atoms with Crippen molar-refractivity contribution in [3.05, 3.63) is 34.3 Å². The molecular formula is C14H19BrN2O2. The molecule has 2 rings (SSSR count). The van der Waals surface area contributed by atoms with Crippen LogP contribution >= 0.6 is 15.9 Å². The van der Waals surface area contributed by atoms with Gasteiger partial charge in [0.05, 0.1) is 6.61 Å². The third-order valence-electron chi connectivity index (χ3n) is 3.34. The van der Waals surface area contributed by atoms with E-state index < -0.39 is 0 Å². The van der Waals surface area contributed by atoms with Gasteiger partial charge in [-0.3, -0.25) is 9.69 Å². The number of rotatable bonds is 4. The Morgan fingerprint density at radius 1 is 1.32 bits per heavy atom. The van der Waals surface area contributed by atoms with Gasteiger partial charge in [0.25, 0.3) is 5.91 Å². The fourth-order valence-electron chi connectivity index (χ4n) is 2.20. The lowest BCUT2D eigenvalue weighted by atomic mass is 10.2. The van der Waals surface area contributed by atoms with Gasteiger partial charge in [0.1, 0.15) is 0 Å². The number of hydrogen-bond donors (Lipinski definition) is 0. The van der Waals surface area contributed by atoms with Crippen molar-refractivity contribution in [3.63, 3.8) is 0 Å². The lowest BCUT2D eigenvalue weighted by Crippen LogP contribution is -2.49. The monoisotopic (exact) mass is 326 g/mol. The van der Waals surface area contributed by atoms with Crippen LogP contribution in [0.3, 0.4) is 0 Å². The summed E-state index contributed by atoms with van der Waals surface area (Å²) in [6.07, 6.45) is 0. The van der Waals surface area contributed by atoms with Gasteiger partial charge in [0, 0.05) is 49.9 Å². The first-order valence-corrected chi connectivity index (χ1v) is 7.26. The van der Waals surface area contributed by atoms with E-state index in [-0.39, 0.29) is 5.91 Å². The Morgan fingerprint density at radius 3 is 2.68 bits per heavy atom. The molecule has 104 valence electrons. The minimum atomic E-state index is 0.118. The highest BCUT2D eigenvalue weighted by Crippen LogP contribution is 2.14. The summed E-state index contributed by atoms with van der Waals surface area (Å²) in [7, 11) is 1.72. The molecule has 0 N–H and O–H groups in total. The number of piperazine rings is 1. The van der Waals surface area contributed by atoms with Crippen LogP contribution < -0.4 is 0 Å². The molecule has 1 aliphatic rings. The van der Waals surface area contributed by atoms with Gasteiger partial charge in [-0.25, -0.2) is 0 Å². The number of hydrogen-bond acceptors (Lipinski definition) is 3. The molecule has 5 heteroatoms. The van der Waals surface area contributed by atoms with Crippen molar-refractivity contribution in [3.8, 4) is 0 Å². The zero-order chi connectivity index (χ0) is 13.7. The Bertz CT molecular complexity index is 431. The van der Waals surface area contributed by atoms with Gasteiger partial charge in [-0.05, 0) is 18.2 Å². The molecule has 0 radical (unpaired) electrons. The average Bonchev–Trinajstić information content (AvgIpc) is 2.45. The van der Waals surface area contributed by atoms with Crippen LogP contribution in [0.25, 0.3) is 0 Å². The summed E-state index contributed by atoms with van der Waals surface area (Å²) in [5.41, 5.74) is 0.750. The Hall–Kier alpha value is -0.910. The van der Waals surface area contributed by atoms with Gasteiger partial charge in [-0.2, -0.15) is 0 Å². The highest BCUT2D eigenvalue weighted by Gasteiger charge is 2.21. The van der Waals surface area contributed by atoms with Crippen LogP contribution in [-0.4, -0.2) is 62.1 Å². The van der Waals surface area contributed by atoms with Gasteiger partial charge in [-0.15, -0.1) is 0 Å². The standard InChI is InChI=1S/C14H19BrN2O2/c1-19-10-9-16-5-7-17(8-6-16)14(18)12-3-2-4-13(15)11-12/h2-4,11H,5-10H2,1H3. The predicted octanol–water partition coefficient (Wildman–Crippen LogP) is 1.85. The van der Waals surface area contributed by atoms with Crippen molar-refractivity contribution in [1.29, 1.82) is 0 Å². The smallest absolute Gasteiger partial charge is 0.253 e. The van der Waals surface area contributed by atoms with E-state index in [1.54, 1.807) is 7.11 Å². The molecule has 19 heavy (non-hydrogen) atoms. The molecule has 1 fully saturated rings. The molecule has 0 aliphatic carbocycles. The fourth-order valence-corrected chi connectivity index (χ4v) is 2.60. The molecule has 0 bridgehead atoms. The number of amides is 1. The predicted molar refractivity (Wildman–Crippen MR) is 78.4 cm³/mol.